The van der Waals surface area contributed by atoms with E-state index < -0.39 is 5.79 Å². The van der Waals surface area contributed by atoms with Gasteiger partial charge in [-0.1, -0.05) is 0 Å². The number of ether oxygens (including phenoxy) is 2. The van der Waals surface area contributed by atoms with E-state index in [1.807, 2.05) is 37.7 Å². The summed E-state index contributed by atoms with van der Waals surface area (Å²) < 4.78 is 11.4. The van der Waals surface area contributed by atoms with Gasteiger partial charge in [0.2, 0.25) is 5.79 Å². The van der Waals surface area contributed by atoms with Gasteiger partial charge in [-0.05, 0) is 24.3 Å². The summed E-state index contributed by atoms with van der Waals surface area (Å²) in [5.74, 6) is 3.59. The Morgan fingerprint density at radius 1 is 1.29 bits per heavy atom. The third kappa shape index (κ3) is 2.32. The van der Waals surface area contributed by atoms with E-state index in [1.54, 1.807) is 0 Å². The molecule has 1 unspecified atom stereocenters. The quantitative estimate of drug-likeness (QED) is 0.875. The smallest absolute Gasteiger partial charge is 0.246 e. The van der Waals surface area contributed by atoms with E-state index >= 15 is 0 Å². The molecule has 0 bridgehead atoms. The van der Waals surface area contributed by atoms with Crippen LogP contribution >= 0.6 is 11.8 Å². The molecule has 3 rings (SSSR count). The molecular formula is C13H17NO2S. The largest absolute Gasteiger partial charge is 0.449 e. The summed E-state index contributed by atoms with van der Waals surface area (Å²) in [4.78, 5) is 0. The first-order chi connectivity index (χ1) is 8.12. The minimum Gasteiger partial charge on any atom is -0.449 e. The van der Waals surface area contributed by atoms with E-state index in [1.165, 1.54) is 17.9 Å². The van der Waals surface area contributed by atoms with Crippen LogP contribution in [0.4, 0.5) is 5.69 Å². The number of rotatable bonds is 2. The second kappa shape index (κ2) is 4.02. The Morgan fingerprint density at radius 3 is 2.88 bits per heavy atom. The summed E-state index contributed by atoms with van der Waals surface area (Å²) in [5.41, 5.74) is 1.12. The van der Waals surface area contributed by atoms with Crippen LogP contribution in [0.15, 0.2) is 18.2 Å². The van der Waals surface area contributed by atoms with Crippen LogP contribution in [0.25, 0.3) is 0 Å². The zero-order valence-corrected chi connectivity index (χ0v) is 11.0. The molecule has 0 spiro atoms. The number of anilines is 1. The topological polar surface area (TPSA) is 30.5 Å². The lowest BCUT2D eigenvalue weighted by atomic mass is 10.2. The standard InChI is InChI=1S/C13H17NO2S/c1-13(2)15-11-4-3-9(7-12(11)16-13)14-10-5-6-17-8-10/h3-4,7,10,14H,5-6,8H2,1-2H3. The summed E-state index contributed by atoms with van der Waals surface area (Å²) in [6.45, 7) is 3.85. The zero-order valence-electron chi connectivity index (χ0n) is 10.2. The molecule has 2 aliphatic heterocycles. The number of fused-ring (bicyclic) bond motifs is 1. The fourth-order valence-corrected chi connectivity index (χ4v) is 3.35. The van der Waals surface area contributed by atoms with Crippen molar-refractivity contribution < 1.29 is 9.47 Å². The molecule has 2 aliphatic rings. The number of benzene rings is 1. The lowest BCUT2D eigenvalue weighted by Gasteiger charge is -2.16. The summed E-state index contributed by atoms with van der Waals surface area (Å²) >= 11 is 2.01. The molecule has 2 heterocycles. The SMILES string of the molecule is CC1(C)Oc2ccc(NC3CCSC3)cc2O1. The Hall–Kier alpha value is -1.03. The fourth-order valence-electron chi connectivity index (χ4n) is 2.20. The van der Waals surface area contributed by atoms with E-state index in [9.17, 15) is 0 Å². The monoisotopic (exact) mass is 251 g/mol. The van der Waals surface area contributed by atoms with Gasteiger partial charge in [0, 0.05) is 37.4 Å². The first-order valence-electron chi connectivity index (χ1n) is 5.99. The summed E-state index contributed by atoms with van der Waals surface area (Å²) in [7, 11) is 0. The van der Waals surface area contributed by atoms with Crippen LogP contribution in [0.2, 0.25) is 0 Å². The van der Waals surface area contributed by atoms with E-state index in [2.05, 4.69) is 11.4 Å². The van der Waals surface area contributed by atoms with E-state index in [0.29, 0.717) is 6.04 Å². The first-order valence-corrected chi connectivity index (χ1v) is 7.14. The van der Waals surface area contributed by atoms with Gasteiger partial charge >= 0.3 is 0 Å². The maximum atomic E-state index is 5.73. The van der Waals surface area contributed by atoms with Crippen molar-refractivity contribution in [1.82, 2.24) is 0 Å². The van der Waals surface area contributed by atoms with Crippen molar-refractivity contribution in [2.24, 2.45) is 0 Å². The van der Waals surface area contributed by atoms with Gasteiger partial charge in [0.05, 0.1) is 0 Å². The van der Waals surface area contributed by atoms with Gasteiger partial charge in [-0.2, -0.15) is 11.8 Å². The second-order valence-corrected chi connectivity index (χ2v) is 6.12. The molecule has 1 saturated heterocycles. The molecule has 17 heavy (non-hydrogen) atoms. The second-order valence-electron chi connectivity index (χ2n) is 4.97. The van der Waals surface area contributed by atoms with Crippen molar-refractivity contribution in [3.05, 3.63) is 18.2 Å². The van der Waals surface area contributed by atoms with Crippen LogP contribution in [0, 0.1) is 0 Å². The normalized spacial score (nSPS) is 24.9. The van der Waals surface area contributed by atoms with Crippen molar-refractivity contribution in [3.8, 4) is 11.5 Å². The zero-order chi connectivity index (χ0) is 11.9. The van der Waals surface area contributed by atoms with Crippen molar-refractivity contribution in [2.75, 3.05) is 16.8 Å². The Bertz CT molecular complexity index is 427. The molecule has 1 N–H and O–H groups in total. The van der Waals surface area contributed by atoms with Gasteiger partial charge in [0.1, 0.15) is 0 Å². The van der Waals surface area contributed by atoms with Gasteiger partial charge in [-0.15, -0.1) is 0 Å². The van der Waals surface area contributed by atoms with Crippen LogP contribution in [-0.2, 0) is 0 Å². The maximum absolute atomic E-state index is 5.73. The Labute approximate surface area is 106 Å². The highest BCUT2D eigenvalue weighted by Gasteiger charge is 2.31. The van der Waals surface area contributed by atoms with Crippen LogP contribution in [0.1, 0.15) is 20.3 Å². The van der Waals surface area contributed by atoms with Gasteiger partial charge in [0.25, 0.3) is 0 Å². The average molecular weight is 251 g/mol. The predicted molar refractivity (Wildman–Crippen MR) is 71.1 cm³/mol. The Morgan fingerprint density at radius 2 is 2.12 bits per heavy atom. The minimum atomic E-state index is -0.538. The molecule has 4 heteroatoms. The highest BCUT2D eigenvalue weighted by atomic mass is 32.2. The van der Waals surface area contributed by atoms with Gasteiger partial charge in [-0.3, -0.25) is 0 Å². The molecular weight excluding hydrogens is 234 g/mol. The molecule has 0 saturated carbocycles. The lowest BCUT2D eigenvalue weighted by molar-refractivity contribution is -0.0431. The first kappa shape index (κ1) is 11.1. The molecule has 0 aliphatic carbocycles. The van der Waals surface area contributed by atoms with Crippen molar-refractivity contribution in [2.45, 2.75) is 32.1 Å². The third-order valence-corrected chi connectivity index (χ3v) is 4.12. The Balaban J connectivity index is 1.76. The average Bonchev–Trinajstić information content (AvgIpc) is 2.83. The van der Waals surface area contributed by atoms with Crippen LogP contribution in [0.3, 0.4) is 0 Å². The van der Waals surface area contributed by atoms with Crippen LogP contribution in [0.5, 0.6) is 11.5 Å². The Kier molecular flexibility index (Phi) is 2.62. The third-order valence-electron chi connectivity index (χ3n) is 2.96. The number of thioether (sulfide) groups is 1. The molecule has 1 aromatic rings. The van der Waals surface area contributed by atoms with Crippen molar-refractivity contribution >= 4 is 17.4 Å². The lowest BCUT2D eigenvalue weighted by Crippen LogP contribution is -2.29. The highest BCUT2D eigenvalue weighted by molar-refractivity contribution is 7.99. The van der Waals surface area contributed by atoms with Crippen LogP contribution < -0.4 is 14.8 Å². The molecule has 1 fully saturated rings. The molecule has 92 valence electrons. The summed E-state index contributed by atoms with van der Waals surface area (Å²) in [6.07, 6.45) is 1.24. The summed E-state index contributed by atoms with van der Waals surface area (Å²) in [5, 5.41) is 3.54. The van der Waals surface area contributed by atoms with E-state index in [4.69, 9.17) is 9.47 Å². The van der Waals surface area contributed by atoms with Gasteiger partial charge in [0.15, 0.2) is 11.5 Å². The van der Waals surface area contributed by atoms with Crippen molar-refractivity contribution in [3.63, 3.8) is 0 Å². The molecule has 1 aromatic carbocycles. The number of hydrogen-bond acceptors (Lipinski definition) is 4. The maximum Gasteiger partial charge on any atom is 0.246 e. The van der Waals surface area contributed by atoms with Crippen LogP contribution in [-0.4, -0.2) is 23.3 Å². The van der Waals surface area contributed by atoms with Gasteiger partial charge < -0.3 is 14.8 Å². The molecule has 3 nitrogen and oxygen atoms in total. The van der Waals surface area contributed by atoms with Crippen molar-refractivity contribution in [1.29, 1.82) is 0 Å². The summed E-state index contributed by atoms with van der Waals surface area (Å²) in [6, 6.07) is 6.67. The highest BCUT2D eigenvalue weighted by Crippen LogP contribution is 2.40. The molecule has 1 atom stereocenters. The minimum absolute atomic E-state index is 0.538. The van der Waals surface area contributed by atoms with E-state index in [0.717, 1.165) is 17.2 Å². The number of nitrogens with one attached hydrogen (secondary N) is 1. The van der Waals surface area contributed by atoms with Gasteiger partial charge in [-0.25, -0.2) is 0 Å². The van der Waals surface area contributed by atoms with E-state index in [-0.39, 0.29) is 0 Å². The predicted octanol–water partition coefficient (Wildman–Crippen LogP) is 3.11. The number of hydrogen-bond donors (Lipinski definition) is 1. The fraction of sp³-hybridized carbons (Fsp3) is 0.538. The molecule has 0 radical (unpaired) electrons. The molecule has 0 aromatic heterocycles. The molecule has 0 amide bonds.